The second-order valence-electron chi connectivity index (χ2n) is 5.24. The zero-order valence-corrected chi connectivity index (χ0v) is 13.5. The number of anilines is 2. The fourth-order valence-electron chi connectivity index (χ4n) is 2.12. The maximum atomic E-state index is 12.7. The third-order valence-corrected chi connectivity index (χ3v) is 4.45. The van der Waals surface area contributed by atoms with Gasteiger partial charge in [0.2, 0.25) is 0 Å². The fraction of sp³-hybridized carbons (Fsp3) is 0.714. The lowest BCUT2D eigenvalue weighted by molar-refractivity contribution is 0.0746. The summed E-state index contributed by atoms with van der Waals surface area (Å²) in [7, 11) is 1.65. The van der Waals surface area contributed by atoms with E-state index >= 15 is 0 Å². The van der Waals surface area contributed by atoms with E-state index in [1.54, 1.807) is 7.11 Å². The van der Waals surface area contributed by atoms with Gasteiger partial charge in [-0.15, -0.1) is 0 Å². The third kappa shape index (κ3) is 4.31. The Balaban J connectivity index is 2.02. The number of carbonyl (C=O) groups is 1. The summed E-state index contributed by atoms with van der Waals surface area (Å²) in [6, 6.07) is 0.399. The van der Waals surface area contributed by atoms with E-state index in [2.05, 4.69) is 17.2 Å². The number of nitrogens with two attached hydrogens (primary N) is 1. The lowest BCUT2D eigenvalue weighted by Crippen LogP contribution is -2.33. The molecule has 1 heterocycles. The summed E-state index contributed by atoms with van der Waals surface area (Å²) in [4.78, 5) is 19.4. The number of aromatic nitrogens is 1. The minimum absolute atomic E-state index is 0.0285. The maximum Gasteiger partial charge on any atom is 0.268 e. The van der Waals surface area contributed by atoms with Gasteiger partial charge >= 0.3 is 0 Å². The number of unbranched alkanes of at least 4 members (excludes halogenated alkanes) is 1. The van der Waals surface area contributed by atoms with E-state index in [0.29, 0.717) is 35.0 Å². The Morgan fingerprint density at radius 1 is 1.57 bits per heavy atom. The van der Waals surface area contributed by atoms with Crippen LogP contribution in [0, 0.1) is 0 Å². The first-order valence-electron chi connectivity index (χ1n) is 7.47. The average Bonchev–Trinajstić information content (AvgIpc) is 3.23. The topological polar surface area (TPSA) is 80.5 Å². The first-order valence-corrected chi connectivity index (χ1v) is 8.29. The molecule has 1 aliphatic rings. The predicted octanol–water partition coefficient (Wildman–Crippen LogP) is 2.19. The van der Waals surface area contributed by atoms with Crippen LogP contribution in [-0.4, -0.2) is 48.6 Å². The summed E-state index contributed by atoms with van der Waals surface area (Å²) in [5, 5.41) is 3.80. The van der Waals surface area contributed by atoms with E-state index in [9.17, 15) is 4.79 Å². The summed E-state index contributed by atoms with van der Waals surface area (Å²) in [6.45, 7) is 4.19. The van der Waals surface area contributed by atoms with Crippen LogP contribution >= 0.6 is 11.3 Å². The van der Waals surface area contributed by atoms with Crippen molar-refractivity contribution in [2.45, 2.75) is 38.6 Å². The van der Waals surface area contributed by atoms with Gasteiger partial charge in [-0.1, -0.05) is 24.7 Å². The van der Waals surface area contributed by atoms with Crippen molar-refractivity contribution in [2.75, 3.05) is 37.9 Å². The Morgan fingerprint density at radius 2 is 2.33 bits per heavy atom. The van der Waals surface area contributed by atoms with Crippen LogP contribution in [0.1, 0.15) is 42.3 Å². The van der Waals surface area contributed by atoms with Crippen molar-refractivity contribution < 1.29 is 9.53 Å². The van der Waals surface area contributed by atoms with Gasteiger partial charge < -0.3 is 20.7 Å². The molecule has 1 aromatic rings. The standard InChI is InChI=1S/C14H24N4O2S/c1-3-4-8-18(10-5-6-10)13(19)11-12(15)17-14(21-11)16-7-9-20-2/h10H,3-9,15H2,1-2H3,(H,16,17). The van der Waals surface area contributed by atoms with E-state index < -0.39 is 0 Å². The number of nitrogen functional groups attached to an aromatic ring is 1. The van der Waals surface area contributed by atoms with Crippen LogP contribution in [0.2, 0.25) is 0 Å². The van der Waals surface area contributed by atoms with Gasteiger partial charge in [-0.25, -0.2) is 4.98 Å². The zero-order chi connectivity index (χ0) is 15.2. The number of rotatable bonds is 9. The van der Waals surface area contributed by atoms with Crippen molar-refractivity contribution in [3.8, 4) is 0 Å². The summed E-state index contributed by atoms with van der Waals surface area (Å²) in [6.07, 6.45) is 4.32. The Morgan fingerprint density at radius 3 is 2.95 bits per heavy atom. The molecule has 0 spiro atoms. The molecule has 0 unspecified atom stereocenters. The molecule has 1 amide bonds. The maximum absolute atomic E-state index is 12.7. The van der Waals surface area contributed by atoms with Crippen molar-refractivity contribution in [3.63, 3.8) is 0 Å². The van der Waals surface area contributed by atoms with E-state index in [1.807, 2.05) is 4.90 Å². The number of amides is 1. The van der Waals surface area contributed by atoms with Crippen molar-refractivity contribution in [1.82, 2.24) is 9.88 Å². The lowest BCUT2D eigenvalue weighted by atomic mass is 10.3. The van der Waals surface area contributed by atoms with Crippen LogP contribution in [0.15, 0.2) is 0 Å². The van der Waals surface area contributed by atoms with Gasteiger partial charge in [0.25, 0.3) is 5.91 Å². The van der Waals surface area contributed by atoms with Crippen LogP contribution in [0.25, 0.3) is 0 Å². The molecule has 0 aliphatic heterocycles. The number of nitrogens with zero attached hydrogens (tertiary/aromatic N) is 2. The van der Waals surface area contributed by atoms with Crippen molar-refractivity contribution in [1.29, 1.82) is 0 Å². The molecular formula is C14H24N4O2S. The van der Waals surface area contributed by atoms with Crippen LogP contribution in [0.3, 0.4) is 0 Å². The Hall–Kier alpha value is -1.34. The van der Waals surface area contributed by atoms with Crippen molar-refractivity contribution >= 4 is 28.2 Å². The van der Waals surface area contributed by atoms with E-state index in [4.69, 9.17) is 10.5 Å². The number of carbonyl (C=O) groups excluding carboxylic acids is 1. The average molecular weight is 312 g/mol. The minimum Gasteiger partial charge on any atom is -0.383 e. The highest BCUT2D eigenvalue weighted by Crippen LogP contribution is 2.32. The van der Waals surface area contributed by atoms with Crippen LogP contribution in [0.4, 0.5) is 10.9 Å². The molecule has 1 fully saturated rings. The molecule has 0 atom stereocenters. The zero-order valence-electron chi connectivity index (χ0n) is 12.7. The van der Waals surface area contributed by atoms with E-state index in [-0.39, 0.29) is 5.91 Å². The molecule has 0 bridgehead atoms. The predicted molar refractivity (Wildman–Crippen MR) is 85.9 cm³/mol. The van der Waals surface area contributed by atoms with Gasteiger partial charge in [-0.3, -0.25) is 4.79 Å². The molecule has 6 nitrogen and oxygen atoms in total. The first-order chi connectivity index (χ1) is 10.2. The molecule has 3 N–H and O–H groups in total. The minimum atomic E-state index is 0.0285. The summed E-state index contributed by atoms with van der Waals surface area (Å²) in [5.41, 5.74) is 5.91. The molecule has 0 saturated heterocycles. The molecule has 21 heavy (non-hydrogen) atoms. The monoisotopic (exact) mass is 312 g/mol. The Bertz CT molecular complexity index is 474. The summed E-state index contributed by atoms with van der Waals surface area (Å²) >= 11 is 1.33. The van der Waals surface area contributed by atoms with E-state index in [1.165, 1.54) is 11.3 Å². The third-order valence-electron chi connectivity index (χ3n) is 3.43. The Labute approximate surface area is 129 Å². The summed E-state index contributed by atoms with van der Waals surface area (Å²) in [5.74, 6) is 0.354. The van der Waals surface area contributed by atoms with E-state index in [0.717, 1.165) is 32.2 Å². The first kappa shape index (κ1) is 16.0. The fourth-order valence-corrected chi connectivity index (χ4v) is 2.98. The van der Waals surface area contributed by atoms with Crippen molar-refractivity contribution in [3.05, 3.63) is 4.88 Å². The van der Waals surface area contributed by atoms with Crippen LogP contribution in [0.5, 0.6) is 0 Å². The highest BCUT2D eigenvalue weighted by Gasteiger charge is 2.34. The number of thiazole rings is 1. The smallest absolute Gasteiger partial charge is 0.268 e. The van der Waals surface area contributed by atoms with Crippen LogP contribution < -0.4 is 11.1 Å². The quantitative estimate of drug-likeness (QED) is 0.683. The van der Waals surface area contributed by atoms with Crippen LogP contribution in [-0.2, 0) is 4.74 Å². The molecule has 0 aromatic carbocycles. The highest BCUT2D eigenvalue weighted by atomic mass is 32.1. The molecule has 0 radical (unpaired) electrons. The second-order valence-corrected chi connectivity index (χ2v) is 6.24. The van der Waals surface area contributed by atoms with Gasteiger partial charge in [-0.05, 0) is 19.3 Å². The molecule has 1 aromatic heterocycles. The molecule has 1 aliphatic carbocycles. The molecule has 2 rings (SSSR count). The number of hydrogen-bond donors (Lipinski definition) is 2. The molecular weight excluding hydrogens is 288 g/mol. The van der Waals surface area contributed by atoms with Gasteiger partial charge in [0.15, 0.2) is 5.13 Å². The number of methoxy groups -OCH3 is 1. The normalized spacial score (nSPS) is 14.2. The number of hydrogen-bond acceptors (Lipinski definition) is 6. The van der Waals surface area contributed by atoms with Gasteiger partial charge in [-0.2, -0.15) is 0 Å². The summed E-state index contributed by atoms with van der Waals surface area (Å²) < 4.78 is 4.98. The molecule has 1 saturated carbocycles. The molecule has 7 heteroatoms. The van der Waals surface area contributed by atoms with Gasteiger partial charge in [0, 0.05) is 26.2 Å². The second kappa shape index (κ2) is 7.61. The van der Waals surface area contributed by atoms with Gasteiger partial charge in [0.1, 0.15) is 10.7 Å². The number of nitrogens with one attached hydrogen (secondary N) is 1. The van der Waals surface area contributed by atoms with Crippen molar-refractivity contribution in [2.24, 2.45) is 0 Å². The Kier molecular flexibility index (Phi) is 5.81. The SMILES string of the molecule is CCCCN(C(=O)c1sc(NCCOC)nc1N)C1CC1. The highest BCUT2D eigenvalue weighted by molar-refractivity contribution is 7.18. The number of ether oxygens (including phenoxy) is 1. The largest absolute Gasteiger partial charge is 0.383 e. The molecule has 118 valence electrons. The van der Waals surface area contributed by atoms with Gasteiger partial charge in [0.05, 0.1) is 6.61 Å². The lowest BCUT2D eigenvalue weighted by Gasteiger charge is -2.21.